The van der Waals surface area contributed by atoms with Gasteiger partial charge in [-0.25, -0.2) is 9.97 Å². The average molecular weight is 309 g/mol. The van der Waals surface area contributed by atoms with E-state index in [1.54, 1.807) is 18.4 Å². The van der Waals surface area contributed by atoms with E-state index in [2.05, 4.69) is 33.3 Å². The summed E-state index contributed by atoms with van der Waals surface area (Å²) in [7, 11) is 1.57. The maximum Gasteiger partial charge on any atom is 0.245 e. The largest absolute Gasteiger partial charge is 0.479 e. The highest BCUT2D eigenvalue weighted by molar-refractivity contribution is 7.10. The summed E-state index contributed by atoms with van der Waals surface area (Å²) in [6.07, 6.45) is 1.48. The molecule has 0 N–H and O–H groups in total. The Morgan fingerprint density at radius 1 is 1.45 bits per heavy atom. The summed E-state index contributed by atoms with van der Waals surface area (Å²) in [5.41, 5.74) is 1.39. The molecule has 0 spiro atoms. The second-order valence-electron chi connectivity index (χ2n) is 4.28. The van der Waals surface area contributed by atoms with Crippen molar-refractivity contribution in [1.82, 2.24) is 19.5 Å². The van der Waals surface area contributed by atoms with E-state index in [0.29, 0.717) is 17.3 Å². The highest BCUT2D eigenvalue weighted by Crippen LogP contribution is 2.30. The summed E-state index contributed by atoms with van der Waals surface area (Å²) in [5, 5.41) is 2.06. The molecule has 1 unspecified atom stereocenters. The Morgan fingerprint density at radius 3 is 2.95 bits per heavy atom. The van der Waals surface area contributed by atoms with Gasteiger partial charge in [-0.3, -0.25) is 0 Å². The number of rotatable bonds is 4. The molecule has 3 aromatic rings. The Labute approximate surface area is 125 Å². The molecule has 0 aromatic carbocycles. The summed E-state index contributed by atoms with van der Waals surface area (Å²) in [4.78, 5) is 14.2. The van der Waals surface area contributed by atoms with Gasteiger partial charge in [0.25, 0.3) is 0 Å². The standard InChI is InChI=1S/C13H13ClN4OS/c1-8(9-4-3-5-20-9)18-10(6-14)17-11-12(18)15-7-16-13(11)19-2/h3-5,7-8H,6H2,1-2H3. The third-order valence-electron chi connectivity index (χ3n) is 3.17. The predicted molar refractivity (Wildman–Crippen MR) is 79.6 cm³/mol. The van der Waals surface area contributed by atoms with E-state index in [9.17, 15) is 0 Å². The minimum atomic E-state index is 0.119. The Morgan fingerprint density at radius 2 is 2.30 bits per heavy atom. The van der Waals surface area contributed by atoms with Crippen molar-refractivity contribution < 1.29 is 4.74 Å². The molecule has 5 nitrogen and oxygen atoms in total. The molecule has 0 fully saturated rings. The first-order valence-corrected chi connectivity index (χ1v) is 7.52. The van der Waals surface area contributed by atoms with Gasteiger partial charge in [-0.1, -0.05) is 6.07 Å². The number of imidazole rings is 1. The Bertz CT molecular complexity index is 725. The zero-order valence-corrected chi connectivity index (χ0v) is 12.6. The molecular weight excluding hydrogens is 296 g/mol. The number of aromatic nitrogens is 4. The van der Waals surface area contributed by atoms with Crippen LogP contribution in [0.3, 0.4) is 0 Å². The third kappa shape index (κ3) is 2.05. The van der Waals surface area contributed by atoms with Crippen LogP contribution in [-0.4, -0.2) is 26.6 Å². The first kappa shape index (κ1) is 13.3. The predicted octanol–water partition coefficient (Wildman–Crippen LogP) is 3.24. The molecule has 0 aliphatic carbocycles. The summed E-state index contributed by atoms with van der Waals surface area (Å²) in [6, 6.07) is 4.25. The van der Waals surface area contributed by atoms with Crippen molar-refractivity contribution in [2.24, 2.45) is 0 Å². The number of hydrogen-bond acceptors (Lipinski definition) is 5. The van der Waals surface area contributed by atoms with Gasteiger partial charge in [0.1, 0.15) is 12.2 Å². The minimum Gasteiger partial charge on any atom is -0.479 e. The topological polar surface area (TPSA) is 52.8 Å². The molecule has 3 heterocycles. The minimum absolute atomic E-state index is 0.119. The Kier molecular flexibility index (Phi) is 3.58. The molecule has 20 heavy (non-hydrogen) atoms. The SMILES string of the molecule is COc1ncnc2c1nc(CCl)n2C(C)c1cccs1. The fourth-order valence-electron chi connectivity index (χ4n) is 2.24. The second kappa shape index (κ2) is 5.38. The number of hydrogen-bond donors (Lipinski definition) is 0. The normalized spacial score (nSPS) is 12.8. The van der Waals surface area contributed by atoms with E-state index >= 15 is 0 Å². The van der Waals surface area contributed by atoms with Crippen molar-refractivity contribution in [2.75, 3.05) is 7.11 Å². The van der Waals surface area contributed by atoms with Gasteiger partial charge in [0.2, 0.25) is 5.88 Å². The number of nitrogens with zero attached hydrogens (tertiary/aromatic N) is 4. The van der Waals surface area contributed by atoms with E-state index in [-0.39, 0.29) is 6.04 Å². The van der Waals surface area contributed by atoms with Crippen LogP contribution in [-0.2, 0) is 5.88 Å². The Hall–Kier alpha value is -1.66. The molecule has 0 amide bonds. The zero-order valence-electron chi connectivity index (χ0n) is 11.1. The molecule has 3 rings (SSSR count). The lowest BCUT2D eigenvalue weighted by Gasteiger charge is -2.14. The lowest BCUT2D eigenvalue weighted by atomic mass is 10.2. The van der Waals surface area contributed by atoms with Gasteiger partial charge in [-0.2, -0.15) is 4.98 Å². The van der Waals surface area contributed by atoms with Crippen molar-refractivity contribution >= 4 is 34.1 Å². The van der Waals surface area contributed by atoms with Crippen LogP contribution >= 0.6 is 22.9 Å². The fraction of sp³-hybridized carbons (Fsp3) is 0.308. The van der Waals surface area contributed by atoms with Crippen LogP contribution in [0.15, 0.2) is 23.8 Å². The maximum atomic E-state index is 6.04. The van der Waals surface area contributed by atoms with Crippen LogP contribution in [0.1, 0.15) is 23.7 Å². The first-order valence-electron chi connectivity index (χ1n) is 6.11. The van der Waals surface area contributed by atoms with Crippen LogP contribution < -0.4 is 4.74 Å². The molecule has 0 bridgehead atoms. The highest BCUT2D eigenvalue weighted by Gasteiger charge is 2.21. The third-order valence-corrected chi connectivity index (χ3v) is 4.45. The summed E-state index contributed by atoms with van der Waals surface area (Å²) < 4.78 is 7.28. The van der Waals surface area contributed by atoms with Gasteiger partial charge in [-0.15, -0.1) is 22.9 Å². The van der Waals surface area contributed by atoms with Gasteiger partial charge >= 0.3 is 0 Å². The van der Waals surface area contributed by atoms with Crippen molar-refractivity contribution in [3.05, 3.63) is 34.5 Å². The first-order chi connectivity index (χ1) is 9.76. The van der Waals surface area contributed by atoms with Gasteiger partial charge < -0.3 is 9.30 Å². The van der Waals surface area contributed by atoms with Crippen molar-refractivity contribution in [3.63, 3.8) is 0 Å². The quantitative estimate of drug-likeness (QED) is 0.694. The van der Waals surface area contributed by atoms with Crippen molar-refractivity contribution in [3.8, 4) is 5.88 Å². The number of thiophene rings is 1. The van der Waals surface area contributed by atoms with Crippen molar-refractivity contribution in [1.29, 1.82) is 0 Å². The highest BCUT2D eigenvalue weighted by atomic mass is 35.5. The van der Waals surface area contributed by atoms with Crippen LogP contribution in [0.5, 0.6) is 5.88 Å². The molecule has 0 aliphatic heterocycles. The van der Waals surface area contributed by atoms with Crippen LogP contribution in [0.2, 0.25) is 0 Å². The van der Waals surface area contributed by atoms with Gasteiger partial charge in [0.15, 0.2) is 11.2 Å². The Balaban J connectivity index is 2.23. The monoisotopic (exact) mass is 308 g/mol. The number of alkyl halides is 1. The van der Waals surface area contributed by atoms with E-state index in [0.717, 1.165) is 11.5 Å². The summed E-state index contributed by atoms with van der Waals surface area (Å²) in [6.45, 7) is 2.11. The zero-order chi connectivity index (χ0) is 14.1. The number of ether oxygens (including phenoxy) is 1. The van der Waals surface area contributed by atoms with Crippen LogP contribution in [0, 0.1) is 0 Å². The maximum absolute atomic E-state index is 6.04. The lowest BCUT2D eigenvalue weighted by molar-refractivity contribution is 0.401. The fourth-order valence-corrected chi connectivity index (χ4v) is 3.20. The summed E-state index contributed by atoms with van der Waals surface area (Å²) >= 11 is 7.74. The molecule has 1 atom stereocenters. The second-order valence-corrected chi connectivity index (χ2v) is 5.52. The van der Waals surface area contributed by atoms with E-state index in [1.165, 1.54) is 11.2 Å². The number of halogens is 1. The van der Waals surface area contributed by atoms with Gasteiger partial charge in [0, 0.05) is 4.88 Å². The van der Waals surface area contributed by atoms with Crippen LogP contribution in [0.4, 0.5) is 0 Å². The van der Waals surface area contributed by atoms with Crippen LogP contribution in [0.25, 0.3) is 11.2 Å². The van der Waals surface area contributed by atoms with E-state index in [4.69, 9.17) is 16.3 Å². The van der Waals surface area contributed by atoms with Gasteiger partial charge in [-0.05, 0) is 18.4 Å². The lowest BCUT2D eigenvalue weighted by Crippen LogP contribution is -2.09. The van der Waals surface area contributed by atoms with E-state index in [1.807, 2.05) is 10.6 Å². The van der Waals surface area contributed by atoms with Crippen molar-refractivity contribution in [2.45, 2.75) is 18.8 Å². The molecule has 3 aromatic heterocycles. The molecule has 0 radical (unpaired) electrons. The summed E-state index contributed by atoms with van der Waals surface area (Å²) in [5.74, 6) is 1.55. The molecular formula is C13H13ClN4OS. The molecule has 0 aliphatic rings. The number of methoxy groups -OCH3 is 1. The van der Waals surface area contributed by atoms with Gasteiger partial charge in [0.05, 0.1) is 19.0 Å². The number of fused-ring (bicyclic) bond motifs is 1. The molecule has 0 saturated carbocycles. The molecule has 0 saturated heterocycles. The average Bonchev–Trinajstić information content (AvgIpc) is 3.12. The molecule has 7 heteroatoms. The van der Waals surface area contributed by atoms with E-state index < -0.39 is 0 Å². The molecule has 104 valence electrons. The smallest absolute Gasteiger partial charge is 0.245 e.